The molecule has 2 fully saturated rings. The minimum absolute atomic E-state index is 0.0593. The van der Waals surface area contributed by atoms with Gasteiger partial charge in [-0.05, 0) is 48.9 Å². The van der Waals surface area contributed by atoms with Gasteiger partial charge in [0.15, 0.2) is 0 Å². The van der Waals surface area contributed by atoms with Gasteiger partial charge < -0.3 is 21.1 Å². The highest BCUT2D eigenvalue weighted by Crippen LogP contribution is 2.55. The van der Waals surface area contributed by atoms with E-state index in [2.05, 4.69) is 20.6 Å². The number of nitrogens with two attached hydrogens (primary N) is 1. The van der Waals surface area contributed by atoms with Crippen LogP contribution in [0.3, 0.4) is 0 Å². The Morgan fingerprint density at radius 2 is 2.11 bits per heavy atom. The second-order valence-corrected chi connectivity index (χ2v) is 9.22. The molecular formula is C25H24FN7O2. The first kappa shape index (κ1) is 21.5. The molecule has 6 rings (SSSR count). The van der Waals surface area contributed by atoms with Crippen LogP contribution in [-0.4, -0.2) is 38.9 Å². The molecule has 0 bridgehead atoms. The molecular weight excluding hydrogens is 449 g/mol. The number of amides is 1. The Morgan fingerprint density at radius 3 is 2.86 bits per heavy atom. The fraction of sp³-hybridized carbons (Fsp3) is 0.280. The summed E-state index contributed by atoms with van der Waals surface area (Å²) < 4.78 is 22.4. The number of nitrogens with one attached hydrogen (secondary N) is 2. The van der Waals surface area contributed by atoms with Gasteiger partial charge in [0.1, 0.15) is 40.2 Å². The zero-order valence-corrected chi connectivity index (χ0v) is 19.1. The van der Waals surface area contributed by atoms with Crippen LogP contribution in [0.15, 0.2) is 48.9 Å². The lowest BCUT2D eigenvalue weighted by Gasteiger charge is -2.09. The van der Waals surface area contributed by atoms with Crippen molar-refractivity contribution in [3.8, 4) is 17.0 Å². The largest absolute Gasteiger partial charge is 0.497 e. The van der Waals surface area contributed by atoms with Crippen molar-refractivity contribution in [1.82, 2.24) is 24.7 Å². The second kappa shape index (κ2) is 8.02. The lowest BCUT2D eigenvalue weighted by molar-refractivity contribution is 0.102. The summed E-state index contributed by atoms with van der Waals surface area (Å²) >= 11 is 0. The molecule has 4 N–H and O–H groups in total. The Labute approximate surface area is 200 Å². The van der Waals surface area contributed by atoms with Crippen LogP contribution in [0.4, 0.5) is 16.0 Å². The smallest absolute Gasteiger partial charge is 0.256 e. The topological polar surface area (TPSA) is 119 Å². The molecule has 3 aromatic heterocycles. The summed E-state index contributed by atoms with van der Waals surface area (Å²) in [5, 5.41) is 6.22. The number of hydrogen-bond donors (Lipinski definition) is 3. The lowest BCUT2D eigenvalue weighted by atomic mass is 10.0. The molecule has 1 amide bonds. The third kappa shape index (κ3) is 3.75. The van der Waals surface area contributed by atoms with Crippen molar-refractivity contribution >= 4 is 23.1 Å². The molecule has 1 saturated carbocycles. The van der Waals surface area contributed by atoms with Gasteiger partial charge in [0.2, 0.25) is 0 Å². The Kier molecular flexibility index (Phi) is 4.92. The van der Waals surface area contributed by atoms with Gasteiger partial charge in [0, 0.05) is 42.3 Å². The van der Waals surface area contributed by atoms with Crippen molar-refractivity contribution in [3.05, 3.63) is 66.1 Å². The fourth-order valence-corrected chi connectivity index (χ4v) is 4.82. The SMILES string of the molecule is COc1ccnc(NC(=O)c2ccc(-c3nc([C@@H]4CC5(CC5)CN4)n4ccnc(N)c34)c(F)c2)c1. The summed E-state index contributed by atoms with van der Waals surface area (Å²) in [4.78, 5) is 25.8. The van der Waals surface area contributed by atoms with E-state index in [0.29, 0.717) is 28.2 Å². The number of benzene rings is 1. The van der Waals surface area contributed by atoms with E-state index in [-0.39, 0.29) is 23.0 Å². The predicted molar refractivity (Wildman–Crippen MR) is 129 cm³/mol. The normalized spacial score (nSPS) is 18.2. The number of ether oxygens (including phenoxy) is 1. The fourth-order valence-electron chi connectivity index (χ4n) is 4.82. The highest BCUT2D eigenvalue weighted by molar-refractivity contribution is 6.04. The minimum Gasteiger partial charge on any atom is -0.497 e. The number of fused-ring (bicyclic) bond motifs is 1. The van der Waals surface area contributed by atoms with Gasteiger partial charge in [0.05, 0.1) is 13.2 Å². The minimum atomic E-state index is -0.580. The second-order valence-electron chi connectivity index (χ2n) is 9.22. The van der Waals surface area contributed by atoms with Gasteiger partial charge in [-0.15, -0.1) is 0 Å². The van der Waals surface area contributed by atoms with Crippen LogP contribution in [0.2, 0.25) is 0 Å². The van der Waals surface area contributed by atoms with Crippen molar-refractivity contribution in [2.24, 2.45) is 5.41 Å². The van der Waals surface area contributed by atoms with Gasteiger partial charge in [-0.1, -0.05) is 0 Å². The molecule has 4 aromatic rings. The molecule has 1 atom stereocenters. The van der Waals surface area contributed by atoms with Gasteiger partial charge in [-0.3, -0.25) is 9.20 Å². The van der Waals surface area contributed by atoms with Crippen LogP contribution in [0.5, 0.6) is 5.75 Å². The first-order valence-electron chi connectivity index (χ1n) is 11.4. The Morgan fingerprint density at radius 1 is 1.26 bits per heavy atom. The molecule has 0 unspecified atom stereocenters. The molecule has 1 saturated heterocycles. The van der Waals surface area contributed by atoms with E-state index in [1.165, 1.54) is 32.2 Å². The van der Waals surface area contributed by atoms with Gasteiger partial charge in [-0.2, -0.15) is 0 Å². The van der Waals surface area contributed by atoms with E-state index >= 15 is 4.39 Å². The molecule has 2 aliphatic rings. The monoisotopic (exact) mass is 473 g/mol. The average Bonchev–Trinajstić information content (AvgIpc) is 3.31. The van der Waals surface area contributed by atoms with Crippen LogP contribution < -0.4 is 21.1 Å². The van der Waals surface area contributed by atoms with Crippen molar-refractivity contribution in [3.63, 3.8) is 0 Å². The number of carbonyl (C=O) groups excluding carboxylic acids is 1. The maximum Gasteiger partial charge on any atom is 0.256 e. The summed E-state index contributed by atoms with van der Waals surface area (Å²) in [6.45, 7) is 0.961. The Hall–Kier alpha value is -4.05. The highest BCUT2D eigenvalue weighted by Gasteiger charge is 2.49. The molecule has 10 heteroatoms. The van der Waals surface area contributed by atoms with Crippen LogP contribution in [0, 0.1) is 11.2 Å². The van der Waals surface area contributed by atoms with Crippen molar-refractivity contribution < 1.29 is 13.9 Å². The number of carbonyl (C=O) groups is 1. The number of nitrogen functional groups attached to an aromatic ring is 1. The van der Waals surface area contributed by atoms with E-state index in [1.54, 1.807) is 36.7 Å². The maximum atomic E-state index is 15.4. The van der Waals surface area contributed by atoms with E-state index in [1.807, 2.05) is 4.40 Å². The third-order valence-electron chi connectivity index (χ3n) is 6.93. The maximum absolute atomic E-state index is 15.4. The van der Waals surface area contributed by atoms with Crippen LogP contribution >= 0.6 is 0 Å². The standard InChI is InChI=1S/C25H24FN7O2/c1-35-15-4-7-28-19(11-15)31-24(34)14-2-3-16(17(26)10-14)20-21-22(27)29-8-9-33(21)23(32-20)18-12-25(5-6-25)13-30-18/h2-4,7-11,18,30H,5-6,12-13H2,1H3,(H2,27,29)(H,28,31,34)/t18-/m0/s1. The summed E-state index contributed by atoms with van der Waals surface area (Å²) in [6, 6.07) is 7.60. The van der Waals surface area contributed by atoms with E-state index in [9.17, 15) is 4.79 Å². The summed E-state index contributed by atoms with van der Waals surface area (Å²) in [5.74, 6) is 0.848. The average molecular weight is 474 g/mol. The number of pyridine rings is 1. The Balaban J connectivity index is 1.34. The molecule has 4 heterocycles. The molecule has 0 radical (unpaired) electrons. The number of rotatable bonds is 5. The molecule has 1 aliphatic heterocycles. The lowest BCUT2D eigenvalue weighted by Crippen LogP contribution is -2.16. The summed E-state index contributed by atoms with van der Waals surface area (Å²) in [5.41, 5.74) is 7.95. The van der Waals surface area contributed by atoms with Crippen molar-refractivity contribution in [2.75, 3.05) is 24.7 Å². The number of hydrogen-bond acceptors (Lipinski definition) is 7. The molecule has 1 spiro atoms. The first-order valence-corrected chi connectivity index (χ1v) is 11.4. The molecule has 178 valence electrons. The number of imidazole rings is 1. The van der Waals surface area contributed by atoms with Gasteiger partial charge in [-0.25, -0.2) is 19.3 Å². The quantitative estimate of drug-likeness (QED) is 0.405. The Bertz CT molecular complexity index is 1460. The van der Waals surface area contributed by atoms with E-state index in [0.717, 1.165) is 18.8 Å². The zero-order chi connectivity index (χ0) is 24.2. The molecule has 9 nitrogen and oxygen atoms in total. The molecule has 1 aromatic carbocycles. The van der Waals surface area contributed by atoms with E-state index < -0.39 is 11.7 Å². The molecule has 35 heavy (non-hydrogen) atoms. The van der Waals surface area contributed by atoms with Crippen molar-refractivity contribution in [1.29, 1.82) is 0 Å². The number of nitrogens with zero attached hydrogens (tertiary/aromatic N) is 4. The molecule has 1 aliphatic carbocycles. The van der Waals surface area contributed by atoms with Gasteiger partial charge in [0.25, 0.3) is 5.91 Å². The van der Waals surface area contributed by atoms with E-state index in [4.69, 9.17) is 15.5 Å². The number of anilines is 2. The van der Waals surface area contributed by atoms with Crippen LogP contribution in [0.25, 0.3) is 16.8 Å². The van der Waals surface area contributed by atoms with Gasteiger partial charge >= 0.3 is 0 Å². The van der Waals surface area contributed by atoms with Crippen LogP contribution in [-0.2, 0) is 0 Å². The number of halogens is 1. The zero-order valence-electron chi connectivity index (χ0n) is 19.1. The van der Waals surface area contributed by atoms with Crippen molar-refractivity contribution in [2.45, 2.75) is 25.3 Å². The number of aromatic nitrogens is 4. The summed E-state index contributed by atoms with van der Waals surface area (Å²) in [6.07, 6.45) is 8.38. The number of methoxy groups -OCH3 is 1. The summed E-state index contributed by atoms with van der Waals surface area (Å²) in [7, 11) is 1.52. The third-order valence-corrected chi connectivity index (χ3v) is 6.93. The first-order chi connectivity index (χ1) is 17.0. The predicted octanol–water partition coefficient (Wildman–Crippen LogP) is 3.59. The van der Waals surface area contributed by atoms with Crippen LogP contribution in [0.1, 0.15) is 41.5 Å². The highest BCUT2D eigenvalue weighted by atomic mass is 19.1.